The topological polar surface area (TPSA) is 146 Å². The number of anilines is 4. The third-order valence-corrected chi connectivity index (χ3v) is 4.90. The molecular weight excluding hydrogens is 485 g/mol. The van der Waals surface area contributed by atoms with Crippen molar-refractivity contribution < 1.29 is 18.0 Å². The Morgan fingerprint density at radius 3 is 2.43 bits per heavy atom. The SMILES string of the molecule is C/C=C(\C(=N)C(F)(F)F)C(=O)Nc1cccc(-n2ccc(Nc3ccc(N)c(C=N)c3)n2)n1.CCCC. The second-order valence-electron chi connectivity index (χ2n) is 7.67. The molecule has 0 aliphatic heterocycles. The van der Waals surface area contributed by atoms with Gasteiger partial charge in [0, 0.05) is 35.4 Å². The van der Waals surface area contributed by atoms with Crippen LogP contribution in [-0.4, -0.2) is 38.8 Å². The van der Waals surface area contributed by atoms with Crippen molar-refractivity contribution in [1.82, 2.24) is 14.8 Å². The molecule has 0 atom stereocenters. The lowest BCUT2D eigenvalue weighted by Gasteiger charge is -2.12. The fourth-order valence-electron chi connectivity index (χ4n) is 2.79. The van der Waals surface area contributed by atoms with E-state index in [0.717, 1.165) is 12.3 Å². The molecule has 0 fully saturated rings. The quantitative estimate of drug-likeness (QED) is 0.145. The molecule has 1 aromatic carbocycles. The minimum absolute atomic E-state index is 0.00834. The summed E-state index contributed by atoms with van der Waals surface area (Å²) in [4.78, 5) is 16.4. The summed E-state index contributed by atoms with van der Waals surface area (Å²) in [7, 11) is 0. The summed E-state index contributed by atoms with van der Waals surface area (Å²) in [5.41, 5.74) is 4.90. The number of hydrogen-bond donors (Lipinski definition) is 5. The maximum absolute atomic E-state index is 12.8. The van der Waals surface area contributed by atoms with E-state index in [4.69, 9.17) is 16.6 Å². The lowest BCUT2D eigenvalue weighted by Crippen LogP contribution is -2.30. The van der Waals surface area contributed by atoms with E-state index in [2.05, 4.69) is 34.6 Å². The molecule has 12 heteroatoms. The molecule has 0 aliphatic carbocycles. The van der Waals surface area contributed by atoms with Crippen LogP contribution in [0.2, 0.25) is 0 Å². The number of alkyl halides is 3. The van der Waals surface area contributed by atoms with Crippen molar-refractivity contribution >= 4 is 40.8 Å². The number of hydrogen-bond acceptors (Lipinski definition) is 7. The predicted molar refractivity (Wildman–Crippen MR) is 140 cm³/mol. The zero-order chi connectivity index (χ0) is 27.6. The molecule has 1 amide bonds. The van der Waals surface area contributed by atoms with Gasteiger partial charge < -0.3 is 21.8 Å². The molecule has 0 saturated carbocycles. The van der Waals surface area contributed by atoms with Crippen LogP contribution in [0, 0.1) is 10.8 Å². The number of aromatic nitrogens is 3. The molecule has 3 aromatic rings. The molecule has 0 aliphatic rings. The molecule has 37 heavy (non-hydrogen) atoms. The Morgan fingerprint density at radius 2 is 1.84 bits per heavy atom. The lowest BCUT2D eigenvalue weighted by atomic mass is 10.1. The van der Waals surface area contributed by atoms with E-state index in [1.165, 1.54) is 30.5 Å². The number of unbranched alkanes of at least 4 members (excludes halogenated alkanes) is 1. The van der Waals surface area contributed by atoms with Crippen LogP contribution in [0.25, 0.3) is 5.82 Å². The maximum atomic E-state index is 12.8. The number of benzene rings is 1. The van der Waals surface area contributed by atoms with Crippen molar-refractivity contribution in [3.05, 3.63) is 65.9 Å². The highest BCUT2D eigenvalue weighted by molar-refractivity contribution is 6.25. The zero-order valence-corrected chi connectivity index (χ0v) is 20.6. The van der Waals surface area contributed by atoms with E-state index in [9.17, 15) is 18.0 Å². The van der Waals surface area contributed by atoms with E-state index in [-0.39, 0.29) is 5.82 Å². The Bertz CT molecular complexity index is 1280. The van der Waals surface area contributed by atoms with Gasteiger partial charge in [-0.05, 0) is 37.3 Å². The summed E-state index contributed by atoms with van der Waals surface area (Å²) in [5, 5.41) is 24.2. The van der Waals surface area contributed by atoms with Crippen molar-refractivity contribution in [1.29, 1.82) is 10.8 Å². The minimum atomic E-state index is -4.95. The Labute approximate surface area is 212 Å². The minimum Gasteiger partial charge on any atom is -0.398 e. The first kappa shape index (κ1) is 28.8. The van der Waals surface area contributed by atoms with Crippen molar-refractivity contribution in [3.8, 4) is 5.82 Å². The van der Waals surface area contributed by atoms with Gasteiger partial charge in [-0.2, -0.15) is 13.2 Å². The molecule has 6 N–H and O–H groups in total. The second kappa shape index (κ2) is 13.0. The highest BCUT2D eigenvalue weighted by Crippen LogP contribution is 2.23. The van der Waals surface area contributed by atoms with E-state index < -0.39 is 23.4 Å². The molecule has 0 saturated heterocycles. The van der Waals surface area contributed by atoms with Crippen LogP contribution >= 0.6 is 0 Å². The summed E-state index contributed by atoms with van der Waals surface area (Å²) < 4.78 is 39.8. The fourth-order valence-corrected chi connectivity index (χ4v) is 2.79. The predicted octanol–water partition coefficient (Wildman–Crippen LogP) is 5.86. The Morgan fingerprint density at radius 1 is 1.14 bits per heavy atom. The number of rotatable bonds is 8. The summed E-state index contributed by atoms with van der Waals surface area (Å²) in [6.45, 7) is 5.60. The molecule has 2 aromatic heterocycles. The van der Waals surface area contributed by atoms with Gasteiger partial charge in [-0.3, -0.25) is 10.2 Å². The van der Waals surface area contributed by atoms with Crippen molar-refractivity contribution in [2.75, 3.05) is 16.4 Å². The molecular formula is C25H29F3N8O. The smallest absolute Gasteiger partial charge is 0.398 e. The van der Waals surface area contributed by atoms with Crippen LogP contribution in [-0.2, 0) is 4.79 Å². The first-order chi connectivity index (χ1) is 17.5. The van der Waals surface area contributed by atoms with E-state index in [1.807, 2.05) is 0 Å². The van der Waals surface area contributed by atoms with Gasteiger partial charge in [-0.25, -0.2) is 9.67 Å². The fraction of sp³-hybridized carbons (Fsp3) is 0.240. The van der Waals surface area contributed by atoms with Crippen molar-refractivity contribution in [3.63, 3.8) is 0 Å². The third kappa shape index (κ3) is 8.02. The van der Waals surface area contributed by atoms with Gasteiger partial charge in [0.05, 0.1) is 5.57 Å². The maximum Gasteiger partial charge on any atom is 0.433 e. The van der Waals surface area contributed by atoms with Crippen molar-refractivity contribution in [2.45, 2.75) is 39.8 Å². The summed E-state index contributed by atoms with van der Waals surface area (Å²) >= 11 is 0. The Kier molecular flexibility index (Phi) is 10.1. The van der Waals surface area contributed by atoms with Crippen molar-refractivity contribution in [2.24, 2.45) is 0 Å². The molecule has 0 unspecified atom stereocenters. The van der Waals surface area contributed by atoms with Crippen LogP contribution in [0.1, 0.15) is 39.2 Å². The number of amides is 1. The summed E-state index contributed by atoms with van der Waals surface area (Å²) in [6, 6.07) is 11.3. The average molecular weight is 515 g/mol. The number of carbonyl (C=O) groups is 1. The average Bonchev–Trinajstić information content (AvgIpc) is 3.34. The number of carbonyl (C=O) groups excluding carboxylic acids is 1. The third-order valence-electron chi connectivity index (χ3n) is 4.90. The molecule has 3 rings (SSSR count). The molecule has 196 valence electrons. The lowest BCUT2D eigenvalue weighted by molar-refractivity contribution is -0.113. The van der Waals surface area contributed by atoms with E-state index in [1.54, 1.807) is 42.6 Å². The van der Waals surface area contributed by atoms with E-state index >= 15 is 0 Å². The number of nitrogens with two attached hydrogens (primary N) is 1. The largest absolute Gasteiger partial charge is 0.433 e. The molecule has 9 nitrogen and oxygen atoms in total. The van der Waals surface area contributed by atoms with Gasteiger partial charge in [0.25, 0.3) is 5.91 Å². The Hall–Kier alpha value is -4.48. The molecule has 0 bridgehead atoms. The molecule has 0 radical (unpaired) electrons. The molecule has 0 spiro atoms. The highest BCUT2D eigenvalue weighted by atomic mass is 19.4. The van der Waals surface area contributed by atoms with Gasteiger partial charge in [-0.15, -0.1) is 5.10 Å². The van der Waals surface area contributed by atoms with Crippen LogP contribution in [0.15, 0.2) is 60.3 Å². The first-order valence-electron chi connectivity index (χ1n) is 11.4. The second-order valence-corrected chi connectivity index (χ2v) is 7.67. The summed E-state index contributed by atoms with van der Waals surface area (Å²) in [6.07, 6.45) is 1.35. The van der Waals surface area contributed by atoms with Gasteiger partial charge in [0.15, 0.2) is 11.6 Å². The zero-order valence-electron chi connectivity index (χ0n) is 20.6. The molecule has 2 heterocycles. The van der Waals surface area contributed by atoms with Gasteiger partial charge in [0.2, 0.25) is 0 Å². The number of nitrogens with one attached hydrogen (secondary N) is 4. The number of nitrogens with zero attached hydrogens (tertiary/aromatic N) is 3. The van der Waals surface area contributed by atoms with Crippen LogP contribution in [0.3, 0.4) is 0 Å². The number of halogens is 3. The van der Waals surface area contributed by atoms with Gasteiger partial charge in [0.1, 0.15) is 11.5 Å². The van der Waals surface area contributed by atoms with Crippen LogP contribution < -0.4 is 16.4 Å². The monoisotopic (exact) mass is 514 g/mol. The van der Waals surface area contributed by atoms with Crippen LogP contribution in [0.5, 0.6) is 0 Å². The number of nitrogen functional groups attached to an aromatic ring is 1. The number of pyridine rings is 1. The highest BCUT2D eigenvalue weighted by Gasteiger charge is 2.38. The van der Waals surface area contributed by atoms with Gasteiger partial charge >= 0.3 is 6.18 Å². The standard InChI is InChI=1S/C21H19F3N8O.C4H10/c1-2-14(19(27)21(22,23)24)20(33)30-16-4-3-5-18(29-16)32-9-8-17(31-32)28-13-6-7-15(26)12(10-13)11-25;1-3-4-2/h2-11,25,27H,26H2,1H3,(H,28,31)(H,29,30,33);3-4H2,1-2H3/b14-2+,25-11?,27-19?;. The Balaban J connectivity index is 0.00000112. The normalized spacial score (nSPS) is 11.2. The first-order valence-corrected chi connectivity index (χ1v) is 11.4. The van der Waals surface area contributed by atoms with E-state index in [0.29, 0.717) is 28.6 Å². The number of allylic oxidation sites excluding steroid dienone is 1. The van der Waals surface area contributed by atoms with Gasteiger partial charge in [-0.1, -0.05) is 38.8 Å². The summed E-state index contributed by atoms with van der Waals surface area (Å²) in [5.74, 6) is -0.350. The van der Waals surface area contributed by atoms with Crippen LogP contribution in [0.4, 0.5) is 36.2 Å².